The summed E-state index contributed by atoms with van der Waals surface area (Å²) in [7, 11) is 0. The van der Waals surface area contributed by atoms with Crippen LogP contribution in [0.2, 0.25) is 0 Å². The first kappa shape index (κ1) is 15.3. The molecule has 2 N–H and O–H groups in total. The van der Waals surface area contributed by atoms with Gasteiger partial charge in [0.05, 0.1) is 12.8 Å². The topological polar surface area (TPSA) is 60.5 Å². The van der Waals surface area contributed by atoms with Crippen LogP contribution in [0.15, 0.2) is 35.4 Å². The number of H-pyrrole nitrogens is 1. The molecule has 2 heterocycles. The molecule has 5 heteroatoms. The van der Waals surface area contributed by atoms with Crippen molar-refractivity contribution >= 4 is 17.8 Å². The van der Waals surface area contributed by atoms with E-state index in [1.165, 1.54) is 5.56 Å². The number of aromatic nitrogens is 1. The van der Waals surface area contributed by atoms with Crippen LogP contribution in [-0.4, -0.2) is 30.2 Å². The van der Waals surface area contributed by atoms with E-state index >= 15 is 0 Å². The fourth-order valence-electron chi connectivity index (χ4n) is 3.04. The van der Waals surface area contributed by atoms with Crippen LogP contribution in [0.25, 0.3) is 0 Å². The molecule has 1 aromatic carbocycles. The average molecular weight is 310 g/mol. The number of benzene rings is 1. The second-order valence-corrected chi connectivity index (χ2v) is 5.98. The van der Waals surface area contributed by atoms with E-state index in [2.05, 4.69) is 32.5 Å². The fraction of sp³-hybridized carbons (Fsp3) is 0.333. The summed E-state index contributed by atoms with van der Waals surface area (Å²) in [5.74, 6) is -0.0946. The van der Waals surface area contributed by atoms with E-state index in [0.717, 1.165) is 42.0 Å². The van der Waals surface area contributed by atoms with Crippen molar-refractivity contribution in [1.29, 1.82) is 0 Å². The molecule has 0 unspecified atom stereocenters. The lowest BCUT2D eigenvalue weighted by Crippen LogP contribution is -2.38. The molecule has 0 radical (unpaired) electrons. The smallest absolute Gasteiger partial charge is 0.259 e. The summed E-state index contributed by atoms with van der Waals surface area (Å²) in [5, 5.41) is 4.07. The van der Waals surface area contributed by atoms with Crippen LogP contribution >= 0.6 is 0 Å². The maximum Gasteiger partial charge on any atom is 0.259 e. The standard InChI is InChI=1S/C18H22N4O/c1-13-10-16(14(2)20-13)11-19-21-18(23)12-22-9-5-7-15-6-3-4-8-17(15)22/h3-4,6,8,10-11,20H,5,7,9,12H2,1-2H3,(H,21,23)/b19-11+. The highest BCUT2D eigenvalue weighted by atomic mass is 16.2. The van der Waals surface area contributed by atoms with Gasteiger partial charge < -0.3 is 9.88 Å². The molecule has 1 aliphatic heterocycles. The summed E-state index contributed by atoms with van der Waals surface area (Å²) in [5.41, 5.74) is 8.22. The van der Waals surface area contributed by atoms with Crippen molar-refractivity contribution < 1.29 is 4.79 Å². The van der Waals surface area contributed by atoms with Gasteiger partial charge >= 0.3 is 0 Å². The largest absolute Gasteiger partial charge is 0.362 e. The molecule has 2 aromatic rings. The molecule has 1 aromatic heterocycles. The molecule has 1 aliphatic rings. The van der Waals surface area contributed by atoms with E-state index in [0.29, 0.717) is 6.54 Å². The summed E-state index contributed by atoms with van der Waals surface area (Å²) in [6, 6.07) is 10.3. The van der Waals surface area contributed by atoms with Gasteiger partial charge in [0.15, 0.2) is 0 Å². The number of amides is 1. The normalized spacial score (nSPS) is 14.1. The Morgan fingerprint density at radius 3 is 3.00 bits per heavy atom. The molecule has 1 amide bonds. The van der Waals surface area contributed by atoms with Crippen molar-refractivity contribution in [1.82, 2.24) is 10.4 Å². The highest BCUT2D eigenvalue weighted by Crippen LogP contribution is 2.26. The average Bonchev–Trinajstić information content (AvgIpc) is 2.85. The number of nitrogens with one attached hydrogen (secondary N) is 2. The van der Waals surface area contributed by atoms with E-state index in [1.807, 2.05) is 32.0 Å². The lowest BCUT2D eigenvalue weighted by molar-refractivity contribution is -0.119. The second-order valence-electron chi connectivity index (χ2n) is 5.98. The van der Waals surface area contributed by atoms with Gasteiger partial charge in [-0.1, -0.05) is 18.2 Å². The number of aryl methyl sites for hydroxylation is 3. The Bertz CT molecular complexity index is 732. The first-order chi connectivity index (χ1) is 11.1. The number of fused-ring (bicyclic) bond motifs is 1. The highest BCUT2D eigenvalue weighted by molar-refractivity contribution is 5.85. The molecular weight excluding hydrogens is 288 g/mol. The summed E-state index contributed by atoms with van der Waals surface area (Å²) in [6.45, 7) is 5.22. The minimum atomic E-state index is -0.0946. The molecule has 0 saturated carbocycles. The van der Waals surface area contributed by atoms with Gasteiger partial charge in [-0.25, -0.2) is 5.43 Å². The molecule has 23 heavy (non-hydrogen) atoms. The third-order valence-electron chi connectivity index (χ3n) is 4.12. The van der Waals surface area contributed by atoms with Crippen molar-refractivity contribution in [2.24, 2.45) is 5.10 Å². The maximum absolute atomic E-state index is 12.1. The Morgan fingerprint density at radius 2 is 2.22 bits per heavy atom. The molecule has 120 valence electrons. The highest BCUT2D eigenvalue weighted by Gasteiger charge is 2.18. The zero-order valence-corrected chi connectivity index (χ0v) is 13.6. The van der Waals surface area contributed by atoms with Crippen LogP contribution < -0.4 is 10.3 Å². The lowest BCUT2D eigenvalue weighted by Gasteiger charge is -2.30. The molecule has 5 nitrogen and oxygen atoms in total. The van der Waals surface area contributed by atoms with Gasteiger partial charge in [-0.05, 0) is 44.4 Å². The third-order valence-corrected chi connectivity index (χ3v) is 4.12. The van der Waals surface area contributed by atoms with Gasteiger partial charge in [0.1, 0.15) is 0 Å². The second kappa shape index (κ2) is 6.69. The Hall–Kier alpha value is -2.56. The number of hydrazone groups is 1. The predicted octanol–water partition coefficient (Wildman–Crippen LogP) is 2.53. The molecule has 0 fully saturated rings. The molecule has 0 spiro atoms. The summed E-state index contributed by atoms with van der Waals surface area (Å²) in [6.07, 6.45) is 3.84. The monoisotopic (exact) mass is 310 g/mol. The molecular formula is C18H22N4O. The molecule has 0 saturated heterocycles. The van der Waals surface area contributed by atoms with Crippen molar-refractivity contribution in [3.8, 4) is 0 Å². The van der Waals surface area contributed by atoms with Gasteiger partial charge in [-0.15, -0.1) is 0 Å². The number of para-hydroxylation sites is 1. The van der Waals surface area contributed by atoms with Crippen LogP contribution in [0, 0.1) is 13.8 Å². The Morgan fingerprint density at radius 1 is 1.39 bits per heavy atom. The van der Waals surface area contributed by atoms with E-state index < -0.39 is 0 Å². The number of aromatic amines is 1. The Kier molecular flexibility index (Phi) is 4.46. The van der Waals surface area contributed by atoms with E-state index in [-0.39, 0.29) is 5.91 Å². The van der Waals surface area contributed by atoms with Crippen LogP contribution in [0.1, 0.15) is 28.9 Å². The third kappa shape index (κ3) is 3.62. The quantitative estimate of drug-likeness (QED) is 0.673. The van der Waals surface area contributed by atoms with Crippen LogP contribution in [0.4, 0.5) is 5.69 Å². The molecule has 0 atom stereocenters. The van der Waals surface area contributed by atoms with Gasteiger partial charge in [0.25, 0.3) is 5.91 Å². The minimum absolute atomic E-state index is 0.0946. The number of anilines is 1. The Labute approximate surface area is 136 Å². The number of carbonyl (C=O) groups excluding carboxylic acids is 1. The van der Waals surface area contributed by atoms with Gasteiger partial charge in [-0.3, -0.25) is 4.79 Å². The van der Waals surface area contributed by atoms with Crippen LogP contribution in [-0.2, 0) is 11.2 Å². The van der Waals surface area contributed by atoms with Gasteiger partial charge in [0, 0.05) is 29.2 Å². The lowest BCUT2D eigenvalue weighted by atomic mass is 10.0. The maximum atomic E-state index is 12.1. The number of hydrogen-bond donors (Lipinski definition) is 2. The number of nitrogens with zero attached hydrogens (tertiary/aromatic N) is 2. The first-order valence-electron chi connectivity index (χ1n) is 7.94. The van der Waals surface area contributed by atoms with Crippen molar-refractivity contribution in [2.75, 3.05) is 18.0 Å². The van der Waals surface area contributed by atoms with Gasteiger partial charge in [-0.2, -0.15) is 5.10 Å². The summed E-state index contributed by atoms with van der Waals surface area (Å²) < 4.78 is 0. The predicted molar refractivity (Wildman–Crippen MR) is 93.0 cm³/mol. The van der Waals surface area contributed by atoms with Crippen LogP contribution in [0.5, 0.6) is 0 Å². The summed E-state index contributed by atoms with van der Waals surface area (Å²) >= 11 is 0. The number of rotatable bonds is 4. The Balaban J connectivity index is 1.59. The van der Waals surface area contributed by atoms with E-state index in [9.17, 15) is 4.79 Å². The molecule has 0 bridgehead atoms. The van der Waals surface area contributed by atoms with E-state index in [1.54, 1.807) is 6.21 Å². The van der Waals surface area contributed by atoms with Crippen LogP contribution in [0.3, 0.4) is 0 Å². The zero-order chi connectivity index (χ0) is 16.2. The number of carbonyl (C=O) groups is 1. The van der Waals surface area contributed by atoms with Crippen molar-refractivity contribution in [2.45, 2.75) is 26.7 Å². The molecule has 3 rings (SSSR count). The number of hydrogen-bond acceptors (Lipinski definition) is 3. The summed E-state index contributed by atoms with van der Waals surface area (Å²) in [4.78, 5) is 17.5. The van der Waals surface area contributed by atoms with Crippen molar-refractivity contribution in [3.63, 3.8) is 0 Å². The zero-order valence-electron chi connectivity index (χ0n) is 13.6. The van der Waals surface area contributed by atoms with Gasteiger partial charge in [0.2, 0.25) is 0 Å². The van der Waals surface area contributed by atoms with Crippen molar-refractivity contribution in [3.05, 3.63) is 52.8 Å². The first-order valence-corrected chi connectivity index (χ1v) is 7.94. The minimum Gasteiger partial charge on any atom is -0.362 e. The fourth-order valence-corrected chi connectivity index (χ4v) is 3.04. The SMILES string of the molecule is Cc1cc(/C=N/NC(=O)CN2CCCc3ccccc32)c(C)[nH]1. The molecule has 0 aliphatic carbocycles. The van der Waals surface area contributed by atoms with E-state index in [4.69, 9.17) is 0 Å².